The average Bonchev–Trinajstić information content (AvgIpc) is 2.69. The Bertz CT molecular complexity index is 848. The smallest absolute Gasteiger partial charge is 0.258 e. The molecule has 0 radical (unpaired) electrons. The zero-order valence-corrected chi connectivity index (χ0v) is 15.6. The summed E-state index contributed by atoms with van der Waals surface area (Å²) in [5.74, 6) is 6.55. The summed E-state index contributed by atoms with van der Waals surface area (Å²) in [5, 5.41) is 2.67. The van der Waals surface area contributed by atoms with Crippen LogP contribution >= 0.6 is 0 Å². The van der Waals surface area contributed by atoms with Gasteiger partial charge in [0, 0.05) is 25.2 Å². The van der Waals surface area contributed by atoms with Crippen LogP contribution in [-0.2, 0) is 4.79 Å². The van der Waals surface area contributed by atoms with Gasteiger partial charge in [0.25, 0.3) is 11.8 Å². The monoisotopic (exact) mass is 366 g/mol. The Hall–Kier alpha value is -3.46. The molecule has 1 N–H and O–H groups in total. The minimum atomic E-state index is -0.276. The van der Waals surface area contributed by atoms with Crippen molar-refractivity contribution in [2.45, 2.75) is 0 Å². The number of nitrogens with one attached hydrogen (secondary N) is 1. The van der Waals surface area contributed by atoms with Crippen molar-refractivity contribution >= 4 is 11.8 Å². The number of carbonyl (C=O) groups is 2. The number of hydrogen-bond acceptors (Lipinski definition) is 4. The van der Waals surface area contributed by atoms with Gasteiger partial charge in [0.1, 0.15) is 0 Å². The molecule has 0 aliphatic rings. The van der Waals surface area contributed by atoms with Crippen LogP contribution in [0.2, 0.25) is 0 Å². The third kappa shape index (κ3) is 6.08. The number of amides is 2. The first-order valence-corrected chi connectivity index (χ1v) is 8.34. The molecule has 2 rings (SSSR count). The number of benzene rings is 2. The van der Waals surface area contributed by atoms with Crippen LogP contribution in [0.1, 0.15) is 15.9 Å². The summed E-state index contributed by atoms with van der Waals surface area (Å²) >= 11 is 0. The molecule has 0 aliphatic heterocycles. The zero-order chi connectivity index (χ0) is 19.6. The zero-order valence-electron chi connectivity index (χ0n) is 15.6. The molecule has 0 atom stereocenters. The fraction of sp³-hybridized carbons (Fsp3) is 0.238. The highest BCUT2D eigenvalue weighted by molar-refractivity contribution is 5.93. The van der Waals surface area contributed by atoms with Crippen molar-refractivity contribution in [3.8, 4) is 23.3 Å². The van der Waals surface area contributed by atoms with Gasteiger partial charge in [-0.3, -0.25) is 9.59 Å². The summed E-state index contributed by atoms with van der Waals surface area (Å²) in [6.45, 7) is 0.0793. The quantitative estimate of drug-likeness (QED) is 0.794. The predicted octanol–water partition coefficient (Wildman–Crippen LogP) is 1.94. The molecule has 0 aromatic heterocycles. The van der Waals surface area contributed by atoms with Gasteiger partial charge in [-0.2, -0.15) is 0 Å². The van der Waals surface area contributed by atoms with E-state index in [4.69, 9.17) is 9.47 Å². The summed E-state index contributed by atoms with van der Waals surface area (Å²) < 4.78 is 10.6. The van der Waals surface area contributed by atoms with E-state index in [1.54, 1.807) is 63.7 Å². The van der Waals surface area contributed by atoms with E-state index >= 15 is 0 Å². The second-order valence-electron chi connectivity index (χ2n) is 5.79. The highest BCUT2D eigenvalue weighted by Crippen LogP contribution is 2.25. The minimum absolute atomic E-state index is 0.0585. The van der Waals surface area contributed by atoms with E-state index in [0.29, 0.717) is 17.1 Å². The molecule has 2 amide bonds. The van der Waals surface area contributed by atoms with Gasteiger partial charge >= 0.3 is 0 Å². The van der Waals surface area contributed by atoms with Crippen molar-refractivity contribution in [3.63, 3.8) is 0 Å². The summed E-state index contributed by atoms with van der Waals surface area (Å²) in [6.07, 6.45) is 0. The van der Waals surface area contributed by atoms with Gasteiger partial charge in [-0.1, -0.05) is 24.0 Å². The molecule has 0 aliphatic carbocycles. The van der Waals surface area contributed by atoms with Gasteiger partial charge in [0.15, 0.2) is 18.1 Å². The molecule has 2 aromatic rings. The van der Waals surface area contributed by atoms with Crippen molar-refractivity contribution in [1.29, 1.82) is 0 Å². The van der Waals surface area contributed by atoms with E-state index in [2.05, 4.69) is 17.2 Å². The Balaban J connectivity index is 1.79. The highest BCUT2D eigenvalue weighted by atomic mass is 16.5. The summed E-state index contributed by atoms with van der Waals surface area (Å²) in [6, 6.07) is 14.1. The maximum absolute atomic E-state index is 11.8. The van der Waals surface area contributed by atoms with Crippen LogP contribution in [0.15, 0.2) is 48.5 Å². The lowest BCUT2D eigenvalue weighted by atomic mass is 10.1. The van der Waals surface area contributed by atoms with Gasteiger partial charge in [0.05, 0.1) is 13.7 Å². The maximum Gasteiger partial charge on any atom is 0.258 e. The van der Waals surface area contributed by atoms with Crippen molar-refractivity contribution in [2.24, 2.45) is 0 Å². The first-order valence-electron chi connectivity index (χ1n) is 8.34. The van der Waals surface area contributed by atoms with E-state index in [1.165, 1.54) is 4.90 Å². The summed E-state index contributed by atoms with van der Waals surface area (Å²) in [4.78, 5) is 25.2. The van der Waals surface area contributed by atoms with Gasteiger partial charge < -0.3 is 19.7 Å². The third-order valence-corrected chi connectivity index (χ3v) is 3.57. The molecule has 0 unspecified atom stereocenters. The van der Waals surface area contributed by atoms with Crippen molar-refractivity contribution in [2.75, 3.05) is 34.4 Å². The van der Waals surface area contributed by atoms with Gasteiger partial charge in [-0.15, -0.1) is 0 Å². The Morgan fingerprint density at radius 1 is 1.04 bits per heavy atom. The molecule has 2 aromatic carbocycles. The van der Waals surface area contributed by atoms with Crippen LogP contribution in [0.3, 0.4) is 0 Å². The largest absolute Gasteiger partial charge is 0.493 e. The number of nitrogens with zero attached hydrogens (tertiary/aromatic N) is 1. The molecule has 0 saturated carbocycles. The fourth-order valence-electron chi connectivity index (χ4n) is 2.18. The minimum Gasteiger partial charge on any atom is -0.493 e. The second-order valence-corrected chi connectivity index (χ2v) is 5.79. The first kappa shape index (κ1) is 19.9. The SMILES string of the molecule is COc1ccccc1OCC(=O)NCC#Cc1ccc(C(=O)N(C)C)cc1. The van der Waals surface area contributed by atoms with Gasteiger partial charge in [-0.25, -0.2) is 0 Å². The normalized spacial score (nSPS) is 9.59. The van der Waals surface area contributed by atoms with Crippen molar-refractivity contribution in [1.82, 2.24) is 10.2 Å². The Morgan fingerprint density at radius 2 is 1.70 bits per heavy atom. The fourth-order valence-corrected chi connectivity index (χ4v) is 2.18. The molecule has 0 saturated heterocycles. The Kier molecular flexibility index (Phi) is 7.26. The van der Waals surface area contributed by atoms with Gasteiger partial charge in [0.2, 0.25) is 0 Å². The maximum atomic E-state index is 11.8. The van der Waals surface area contributed by atoms with Crippen LogP contribution in [0.25, 0.3) is 0 Å². The number of para-hydroxylation sites is 2. The number of ether oxygens (including phenoxy) is 2. The first-order chi connectivity index (χ1) is 13.0. The molecule has 0 heterocycles. The molecule has 6 nitrogen and oxygen atoms in total. The average molecular weight is 366 g/mol. The number of carbonyl (C=O) groups excluding carboxylic acids is 2. The van der Waals surface area contributed by atoms with Crippen LogP contribution < -0.4 is 14.8 Å². The van der Waals surface area contributed by atoms with E-state index in [9.17, 15) is 9.59 Å². The lowest BCUT2D eigenvalue weighted by Gasteiger charge is -2.09. The van der Waals surface area contributed by atoms with Crippen LogP contribution in [0, 0.1) is 11.8 Å². The van der Waals surface area contributed by atoms with Crippen LogP contribution in [-0.4, -0.2) is 51.1 Å². The van der Waals surface area contributed by atoms with E-state index < -0.39 is 0 Å². The lowest BCUT2D eigenvalue weighted by Crippen LogP contribution is -2.29. The number of rotatable bonds is 6. The van der Waals surface area contributed by atoms with Gasteiger partial charge in [-0.05, 0) is 36.4 Å². The third-order valence-electron chi connectivity index (χ3n) is 3.57. The molecular weight excluding hydrogens is 344 g/mol. The standard InChI is InChI=1S/C21H22N2O4/c1-23(2)21(25)17-12-10-16(11-13-17)7-6-14-22-20(24)15-27-19-9-5-4-8-18(19)26-3/h4-5,8-13H,14-15H2,1-3H3,(H,22,24). The Morgan fingerprint density at radius 3 is 2.33 bits per heavy atom. The second kappa shape index (κ2) is 9.88. The topological polar surface area (TPSA) is 67.9 Å². The van der Waals surface area contributed by atoms with Crippen LogP contribution in [0.4, 0.5) is 0 Å². The lowest BCUT2D eigenvalue weighted by molar-refractivity contribution is -0.122. The van der Waals surface area contributed by atoms with E-state index in [-0.39, 0.29) is 25.0 Å². The number of methoxy groups -OCH3 is 1. The molecule has 0 fully saturated rings. The van der Waals surface area contributed by atoms with Crippen molar-refractivity contribution < 1.29 is 19.1 Å². The van der Waals surface area contributed by atoms with Crippen LogP contribution in [0.5, 0.6) is 11.5 Å². The predicted molar refractivity (Wildman–Crippen MR) is 103 cm³/mol. The molecule has 6 heteroatoms. The molecule has 27 heavy (non-hydrogen) atoms. The molecule has 0 spiro atoms. The summed E-state index contributed by atoms with van der Waals surface area (Å²) in [5.41, 5.74) is 1.37. The summed E-state index contributed by atoms with van der Waals surface area (Å²) in [7, 11) is 4.95. The van der Waals surface area contributed by atoms with E-state index in [1.807, 2.05) is 6.07 Å². The van der Waals surface area contributed by atoms with E-state index in [0.717, 1.165) is 5.56 Å². The highest BCUT2D eigenvalue weighted by Gasteiger charge is 2.07. The molecular formula is C21H22N2O4. The molecule has 0 bridgehead atoms. The Labute approximate surface area is 159 Å². The number of hydrogen-bond donors (Lipinski definition) is 1. The molecule has 140 valence electrons. The van der Waals surface area contributed by atoms with Crippen molar-refractivity contribution in [3.05, 3.63) is 59.7 Å².